The molecule has 1 aromatic rings. The second kappa shape index (κ2) is 6.40. The van der Waals surface area contributed by atoms with Gasteiger partial charge in [-0.05, 0) is 18.6 Å². The van der Waals surface area contributed by atoms with E-state index < -0.39 is 11.7 Å². The molecule has 0 saturated heterocycles. The Morgan fingerprint density at radius 3 is 2.50 bits per heavy atom. The summed E-state index contributed by atoms with van der Waals surface area (Å²) < 4.78 is 37.0. The highest BCUT2D eigenvalue weighted by atomic mass is 32.2. The van der Waals surface area contributed by atoms with Crippen molar-refractivity contribution in [2.45, 2.75) is 35.8 Å². The van der Waals surface area contributed by atoms with Gasteiger partial charge in [-0.1, -0.05) is 18.7 Å². The molecule has 1 rings (SSSR count). The van der Waals surface area contributed by atoms with Crippen LogP contribution < -0.4 is 5.73 Å². The van der Waals surface area contributed by atoms with Gasteiger partial charge in [-0.25, -0.2) is 4.98 Å². The molecule has 0 aliphatic heterocycles. The minimum Gasteiger partial charge on any atom is -0.395 e. The molecule has 2 unspecified atom stereocenters. The van der Waals surface area contributed by atoms with Crippen molar-refractivity contribution in [3.63, 3.8) is 0 Å². The van der Waals surface area contributed by atoms with Gasteiger partial charge in [-0.15, -0.1) is 0 Å². The van der Waals surface area contributed by atoms with Crippen LogP contribution in [0.25, 0.3) is 0 Å². The summed E-state index contributed by atoms with van der Waals surface area (Å²) in [4.78, 5) is 3.73. The molecule has 7 heteroatoms. The Balaban J connectivity index is 2.74. The number of rotatable bonds is 5. The molecule has 0 fully saturated rings. The summed E-state index contributed by atoms with van der Waals surface area (Å²) in [5.41, 5.74) is 5.00. The zero-order valence-electron chi connectivity index (χ0n) is 9.81. The van der Waals surface area contributed by atoms with Gasteiger partial charge in [0.25, 0.3) is 0 Å². The maximum Gasteiger partial charge on any atom is 0.417 e. The van der Waals surface area contributed by atoms with Crippen molar-refractivity contribution >= 4 is 11.8 Å². The lowest BCUT2D eigenvalue weighted by Crippen LogP contribution is -2.34. The molecule has 0 bridgehead atoms. The quantitative estimate of drug-likeness (QED) is 0.812. The standard InChI is InChI=1S/C11H15F3N2OS/c1-2-8(15)9(6-17)18-10-4-3-7(5-16-10)11(12,13)14/h3-5,8-9,17H,2,6,15H2,1H3. The molecule has 1 heterocycles. The Labute approximate surface area is 108 Å². The third-order valence-electron chi connectivity index (χ3n) is 2.46. The van der Waals surface area contributed by atoms with Crippen LogP contribution in [0.3, 0.4) is 0 Å². The molecule has 0 aromatic carbocycles. The summed E-state index contributed by atoms with van der Waals surface area (Å²) in [6.45, 7) is 1.75. The molecule has 0 spiro atoms. The van der Waals surface area contributed by atoms with Gasteiger partial charge < -0.3 is 10.8 Å². The van der Waals surface area contributed by atoms with Crippen LogP contribution in [0.4, 0.5) is 13.2 Å². The fourth-order valence-corrected chi connectivity index (χ4v) is 2.31. The molecule has 2 atom stereocenters. The van der Waals surface area contributed by atoms with Gasteiger partial charge in [0.1, 0.15) is 0 Å². The summed E-state index contributed by atoms with van der Waals surface area (Å²) in [6, 6.07) is 2.05. The topological polar surface area (TPSA) is 59.1 Å². The van der Waals surface area contributed by atoms with E-state index in [0.29, 0.717) is 11.4 Å². The third kappa shape index (κ3) is 4.15. The molecule has 0 radical (unpaired) electrons. The lowest BCUT2D eigenvalue weighted by molar-refractivity contribution is -0.137. The van der Waals surface area contributed by atoms with Crippen molar-refractivity contribution in [3.05, 3.63) is 23.9 Å². The first kappa shape index (κ1) is 15.3. The van der Waals surface area contributed by atoms with E-state index >= 15 is 0 Å². The van der Waals surface area contributed by atoms with Gasteiger partial charge in [-0.3, -0.25) is 0 Å². The Kier molecular flexibility index (Phi) is 5.43. The van der Waals surface area contributed by atoms with Crippen LogP contribution in [0.2, 0.25) is 0 Å². The Bertz CT molecular complexity index is 370. The maximum atomic E-state index is 12.3. The second-order valence-electron chi connectivity index (χ2n) is 3.79. The largest absolute Gasteiger partial charge is 0.417 e. The molecular weight excluding hydrogens is 265 g/mol. The normalized spacial score (nSPS) is 15.4. The lowest BCUT2D eigenvalue weighted by Gasteiger charge is -2.19. The first-order chi connectivity index (χ1) is 8.38. The number of halogens is 3. The van der Waals surface area contributed by atoms with Gasteiger partial charge >= 0.3 is 6.18 Å². The molecule has 1 aromatic heterocycles. The summed E-state index contributed by atoms with van der Waals surface area (Å²) in [5.74, 6) is 0. The molecule has 0 aliphatic carbocycles. The predicted molar refractivity (Wildman–Crippen MR) is 64.2 cm³/mol. The van der Waals surface area contributed by atoms with Gasteiger partial charge in [0, 0.05) is 17.5 Å². The van der Waals surface area contributed by atoms with Crippen LogP contribution in [-0.4, -0.2) is 28.0 Å². The number of aromatic nitrogens is 1. The number of alkyl halides is 3. The number of hydrogen-bond acceptors (Lipinski definition) is 4. The van der Waals surface area contributed by atoms with Crippen molar-refractivity contribution in [3.8, 4) is 0 Å². The minimum absolute atomic E-state index is 0.137. The fourth-order valence-electron chi connectivity index (χ4n) is 1.30. The van der Waals surface area contributed by atoms with E-state index in [0.717, 1.165) is 12.3 Å². The highest BCUT2D eigenvalue weighted by molar-refractivity contribution is 7.99. The molecule has 0 aliphatic rings. The zero-order chi connectivity index (χ0) is 13.8. The van der Waals surface area contributed by atoms with E-state index in [4.69, 9.17) is 10.8 Å². The van der Waals surface area contributed by atoms with Crippen LogP contribution in [0.5, 0.6) is 0 Å². The molecule has 0 amide bonds. The van der Waals surface area contributed by atoms with Crippen molar-refractivity contribution in [2.24, 2.45) is 5.73 Å². The summed E-state index contributed by atoms with van der Waals surface area (Å²) >= 11 is 1.19. The van der Waals surface area contributed by atoms with Gasteiger partial charge in [0.15, 0.2) is 0 Å². The van der Waals surface area contributed by atoms with E-state index in [-0.39, 0.29) is 17.9 Å². The Morgan fingerprint density at radius 1 is 1.44 bits per heavy atom. The lowest BCUT2D eigenvalue weighted by atomic mass is 10.2. The highest BCUT2D eigenvalue weighted by Crippen LogP contribution is 2.30. The molecule has 102 valence electrons. The van der Waals surface area contributed by atoms with Crippen molar-refractivity contribution in [1.82, 2.24) is 4.98 Å². The van der Waals surface area contributed by atoms with Crippen molar-refractivity contribution < 1.29 is 18.3 Å². The SMILES string of the molecule is CCC(N)C(CO)Sc1ccc(C(F)(F)F)cn1. The Morgan fingerprint density at radius 2 is 2.11 bits per heavy atom. The third-order valence-corrected chi connectivity index (χ3v) is 3.75. The monoisotopic (exact) mass is 280 g/mol. The van der Waals surface area contributed by atoms with E-state index in [1.165, 1.54) is 17.8 Å². The van der Waals surface area contributed by atoms with E-state index in [1.54, 1.807) is 0 Å². The number of aliphatic hydroxyl groups excluding tert-OH is 1. The number of hydrogen-bond donors (Lipinski definition) is 2. The highest BCUT2D eigenvalue weighted by Gasteiger charge is 2.30. The van der Waals surface area contributed by atoms with E-state index in [2.05, 4.69) is 4.98 Å². The van der Waals surface area contributed by atoms with Gasteiger partial charge in [0.05, 0.1) is 17.2 Å². The van der Waals surface area contributed by atoms with Gasteiger partial charge in [0.2, 0.25) is 0 Å². The van der Waals surface area contributed by atoms with E-state index in [9.17, 15) is 13.2 Å². The molecular formula is C11H15F3N2OS. The molecule has 3 N–H and O–H groups in total. The van der Waals surface area contributed by atoms with Crippen LogP contribution in [0.1, 0.15) is 18.9 Å². The predicted octanol–water partition coefficient (Wildman–Crippen LogP) is 2.29. The molecule has 18 heavy (non-hydrogen) atoms. The average molecular weight is 280 g/mol. The van der Waals surface area contributed by atoms with Crippen LogP contribution in [0.15, 0.2) is 23.4 Å². The summed E-state index contributed by atoms with van der Waals surface area (Å²) in [6.07, 6.45) is -2.92. The van der Waals surface area contributed by atoms with Crippen molar-refractivity contribution in [1.29, 1.82) is 0 Å². The van der Waals surface area contributed by atoms with Crippen LogP contribution >= 0.6 is 11.8 Å². The Hall–Kier alpha value is -0.790. The van der Waals surface area contributed by atoms with Crippen LogP contribution in [0, 0.1) is 0 Å². The second-order valence-corrected chi connectivity index (χ2v) is 5.05. The zero-order valence-corrected chi connectivity index (χ0v) is 10.6. The number of nitrogens with two attached hydrogens (primary N) is 1. The van der Waals surface area contributed by atoms with Gasteiger partial charge in [-0.2, -0.15) is 13.2 Å². The first-order valence-electron chi connectivity index (χ1n) is 5.44. The van der Waals surface area contributed by atoms with Crippen molar-refractivity contribution in [2.75, 3.05) is 6.61 Å². The molecule has 0 saturated carbocycles. The van der Waals surface area contributed by atoms with Crippen LogP contribution in [-0.2, 0) is 6.18 Å². The summed E-state index contributed by atoms with van der Waals surface area (Å²) in [7, 11) is 0. The first-order valence-corrected chi connectivity index (χ1v) is 6.32. The number of aliphatic hydroxyl groups is 1. The summed E-state index contributed by atoms with van der Waals surface area (Å²) in [5, 5.41) is 9.32. The number of thioether (sulfide) groups is 1. The minimum atomic E-state index is -4.38. The number of nitrogens with zero attached hydrogens (tertiary/aromatic N) is 1. The fraction of sp³-hybridized carbons (Fsp3) is 0.545. The maximum absolute atomic E-state index is 12.3. The van der Waals surface area contributed by atoms with E-state index in [1.807, 2.05) is 6.92 Å². The molecule has 3 nitrogen and oxygen atoms in total. The smallest absolute Gasteiger partial charge is 0.395 e. The number of pyridine rings is 1. The average Bonchev–Trinajstić information content (AvgIpc) is 2.34.